The molecule has 0 aliphatic carbocycles. The fraction of sp³-hybridized carbons (Fsp3) is 0. The van der Waals surface area contributed by atoms with Crippen molar-refractivity contribution in [1.82, 2.24) is 0 Å². The van der Waals surface area contributed by atoms with E-state index in [-0.39, 0.29) is 0 Å². The Morgan fingerprint density at radius 2 is 0.967 bits per heavy atom. The van der Waals surface area contributed by atoms with Crippen LogP contribution < -0.4 is 4.90 Å². The number of nitrogens with zero attached hydrogens (tertiary/aromatic N) is 1. The second-order valence-corrected chi connectivity index (χ2v) is 8.17. The van der Waals surface area contributed by atoms with Gasteiger partial charge in [-0.2, -0.15) is 0 Å². The fourth-order valence-corrected chi connectivity index (χ4v) is 4.05. The van der Waals surface area contributed by atoms with E-state index >= 15 is 0 Å². The van der Waals surface area contributed by atoms with Crippen molar-refractivity contribution in [3.8, 4) is 11.1 Å². The molecule has 0 bridgehead atoms. The maximum absolute atomic E-state index is 3.54. The van der Waals surface area contributed by atoms with Gasteiger partial charge in [0.05, 0.1) is 0 Å². The van der Waals surface area contributed by atoms with E-state index in [9.17, 15) is 0 Å². The lowest BCUT2D eigenvalue weighted by Crippen LogP contribution is -2.09. The van der Waals surface area contributed by atoms with E-state index in [1.54, 1.807) is 0 Å². The Balaban J connectivity index is 1.54. The summed E-state index contributed by atoms with van der Waals surface area (Å²) in [7, 11) is 0. The first-order chi connectivity index (χ1) is 14.8. The molecule has 5 rings (SSSR count). The molecule has 0 saturated carbocycles. The lowest BCUT2D eigenvalue weighted by atomic mass is 10.0. The van der Waals surface area contributed by atoms with E-state index in [1.807, 2.05) is 6.07 Å². The summed E-state index contributed by atoms with van der Waals surface area (Å²) in [6.07, 6.45) is 0. The van der Waals surface area contributed by atoms with Crippen molar-refractivity contribution in [1.29, 1.82) is 0 Å². The van der Waals surface area contributed by atoms with Crippen molar-refractivity contribution in [2.45, 2.75) is 0 Å². The van der Waals surface area contributed by atoms with E-state index < -0.39 is 0 Å². The quantitative estimate of drug-likeness (QED) is 0.265. The molecule has 0 spiro atoms. The van der Waals surface area contributed by atoms with Gasteiger partial charge in [0.25, 0.3) is 0 Å². The summed E-state index contributed by atoms with van der Waals surface area (Å²) in [5.41, 5.74) is 5.85. The summed E-state index contributed by atoms with van der Waals surface area (Å²) in [5.74, 6) is 0. The lowest BCUT2D eigenvalue weighted by Gasteiger charge is -2.25. The number of anilines is 3. The first kappa shape index (κ1) is 18.7. The molecule has 0 fully saturated rings. The number of hydrogen-bond donors (Lipinski definition) is 0. The first-order valence-electron chi connectivity index (χ1n) is 9.98. The Morgan fingerprint density at radius 1 is 0.433 bits per heavy atom. The average molecular weight is 450 g/mol. The van der Waals surface area contributed by atoms with Gasteiger partial charge in [0, 0.05) is 21.5 Å². The average Bonchev–Trinajstić information content (AvgIpc) is 2.81. The Kier molecular flexibility index (Phi) is 5.08. The number of fused-ring (bicyclic) bond motifs is 1. The number of para-hydroxylation sites is 1. The van der Waals surface area contributed by atoms with Crippen LogP contribution in [0.5, 0.6) is 0 Å². The standard InChI is InChI=1S/C28H20BrN/c29-25-14-18-28(19-15-25)30(26-8-2-1-3-9-26)27-16-12-22(13-17-27)24-11-10-21-6-4-5-7-23(21)20-24/h1-20H. The third-order valence-electron chi connectivity index (χ3n) is 5.31. The first-order valence-corrected chi connectivity index (χ1v) is 10.8. The Hall–Kier alpha value is -3.36. The highest BCUT2D eigenvalue weighted by atomic mass is 79.9. The Bertz CT molecular complexity index is 1280. The van der Waals surface area contributed by atoms with Gasteiger partial charge in [-0.15, -0.1) is 0 Å². The maximum atomic E-state index is 3.54. The molecule has 0 aromatic heterocycles. The molecule has 5 aromatic rings. The van der Waals surface area contributed by atoms with Gasteiger partial charge in [0.15, 0.2) is 0 Å². The monoisotopic (exact) mass is 449 g/mol. The zero-order chi connectivity index (χ0) is 20.3. The predicted molar refractivity (Wildman–Crippen MR) is 132 cm³/mol. The minimum Gasteiger partial charge on any atom is -0.311 e. The van der Waals surface area contributed by atoms with Gasteiger partial charge in [-0.3, -0.25) is 0 Å². The topological polar surface area (TPSA) is 3.24 Å². The van der Waals surface area contributed by atoms with E-state index in [0.717, 1.165) is 21.5 Å². The van der Waals surface area contributed by atoms with Crippen LogP contribution in [-0.4, -0.2) is 0 Å². The van der Waals surface area contributed by atoms with Crippen molar-refractivity contribution < 1.29 is 0 Å². The normalized spacial score (nSPS) is 10.8. The van der Waals surface area contributed by atoms with E-state index in [0.29, 0.717) is 0 Å². The fourth-order valence-electron chi connectivity index (χ4n) is 3.79. The zero-order valence-electron chi connectivity index (χ0n) is 16.4. The third kappa shape index (κ3) is 3.74. The molecular weight excluding hydrogens is 430 g/mol. The molecule has 144 valence electrons. The lowest BCUT2D eigenvalue weighted by molar-refractivity contribution is 1.28. The summed E-state index contributed by atoms with van der Waals surface area (Å²) >= 11 is 3.54. The Labute approximate surface area is 185 Å². The molecule has 0 saturated heterocycles. The largest absolute Gasteiger partial charge is 0.311 e. The molecule has 0 amide bonds. The minimum absolute atomic E-state index is 1.07. The molecule has 0 aliphatic rings. The molecule has 0 N–H and O–H groups in total. The van der Waals surface area contributed by atoms with E-state index in [4.69, 9.17) is 0 Å². The van der Waals surface area contributed by atoms with Gasteiger partial charge in [-0.1, -0.05) is 82.7 Å². The van der Waals surface area contributed by atoms with E-state index in [2.05, 4.69) is 136 Å². The summed E-state index contributed by atoms with van der Waals surface area (Å²) < 4.78 is 1.07. The van der Waals surface area contributed by atoms with Crippen LogP contribution >= 0.6 is 15.9 Å². The molecule has 5 aromatic carbocycles. The molecule has 0 unspecified atom stereocenters. The van der Waals surface area contributed by atoms with Gasteiger partial charge in [-0.25, -0.2) is 0 Å². The summed E-state index contributed by atoms with van der Waals surface area (Å²) in [6, 6.07) is 42.8. The van der Waals surface area contributed by atoms with Crippen LogP contribution in [0.2, 0.25) is 0 Å². The predicted octanol–water partition coefficient (Wildman–Crippen LogP) is 8.74. The minimum atomic E-state index is 1.07. The van der Waals surface area contributed by atoms with Gasteiger partial charge >= 0.3 is 0 Å². The Morgan fingerprint density at radius 3 is 1.67 bits per heavy atom. The molecule has 30 heavy (non-hydrogen) atoms. The molecule has 1 nitrogen and oxygen atoms in total. The smallest absolute Gasteiger partial charge is 0.0462 e. The van der Waals surface area contributed by atoms with Gasteiger partial charge in [0.2, 0.25) is 0 Å². The summed E-state index contributed by atoms with van der Waals surface area (Å²) in [4.78, 5) is 2.27. The van der Waals surface area contributed by atoms with Gasteiger partial charge in [0.1, 0.15) is 0 Å². The molecule has 0 aliphatic heterocycles. The highest BCUT2D eigenvalue weighted by Crippen LogP contribution is 2.36. The van der Waals surface area contributed by atoms with Crippen LogP contribution in [0.15, 0.2) is 126 Å². The summed E-state index contributed by atoms with van der Waals surface area (Å²) in [6.45, 7) is 0. The highest BCUT2D eigenvalue weighted by Gasteiger charge is 2.12. The summed E-state index contributed by atoms with van der Waals surface area (Å²) in [5, 5.41) is 2.53. The maximum Gasteiger partial charge on any atom is 0.0462 e. The van der Waals surface area contributed by atoms with Crippen LogP contribution in [0.25, 0.3) is 21.9 Å². The molecule has 2 heteroatoms. The van der Waals surface area contributed by atoms with Crippen LogP contribution in [0.4, 0.5) is 17.1 Å². The van der Waals surface area contributed by atoms with Gasteiger partial charge in [-0.05, 0) is 76.5 Å². The van der Waals surface area contributed by atoms with Crippen LogP contribution in [0.1, 0.15) is 0 Å². The van der Waals surface area contributed by atoms with E-state index in [1.165, 1.54) is 21.9 Å². The highest BCUT2D eigenvalue weighted by molar-refractivity contribution is 9.10. The van der Waals surface area contributed by atoms with Crippen molar-refractivity contribution in [3.63, 3.8) is 0 Å². The van der Waals surface area contributed by atoms with Crippen LogP contribution in [0, 0.1) is 0 Å². The molecule has 0 radical (unpaired) electrons. The number of hydrogen-bond acceptors (Lipinski definition) is 1. The number of halogens is 1. The zero-order valence-corrected chi connectivity index (χ0v) is 18.0. The SMILES string of the molecule is Brc1ccc(N(c2ccccc2)c2ccc(-c3ccc4ccccc4c3)cc2)cc1. The second kappa shape index (κ2) is 8.17. The second-order valence-electron chi connectivity index (χ2n) is 7.26. The van der Waals surface area contributed by atoms with Crippen molar-refractivity contribution in [2.24, 2.45) is 0 Å². The van der Waals surface area contributed by atoms with Crippen LogP contribution in [0.3, 0.4) is 0 Å². The third-order valence-corrected chi connectivity index (χ3v) is 5.84. The molecule has 0 heterocycles. The number of benzene rings is 5. The number of rotatable bonds is 4. The van der Waals surface area contributed by atoms with Crippen molar-refractivity contribution >= 4 is 43.8 Å². The van der Waals surface area contributed by atoms with Crippen LogP contribution in [-0.2, 0) is 0 Å². The molecule has 0 atom stereocenters. The van der Waals surface area contributed by atoms with Crippen molar-refractivity contribution in [3.05, 3.63) is 126 Å². The van der Waals surface area contributed by atoms with Gasteiger partial charge < -0.3 is 4.90 Å². The molecular formula is C28H20BrN. The van der Waals surface area contributed by atoms with Crippen molar-refractivity contribution in [2.75, 3.05) is 4.90 Å².